The number of furan rings is 1. The first kappa shape index (κ1) is 15.1. The van der Waals surface area contributed by atoms with E-state index in [1.807, 2.05) is 24.3 Å². The Hall–Kier alpha value is -1.26. The van der Waals surface area contributed by atoms with Crippen LogP contribution in [0, 0.1) is 0 Å². The number of methoxy groups -OCH3 is 1. The first-order valence-corrected chi connectivity index (χ1v) is 7.63. The average molecular weight is 338 g/mol. The standard InChI is InChI=1S/C16H20BrNO2/c1-3-18-14(15-10-11-16(17)20-15)9-6-12-4-7-13(19-2)8-5-12/h4-5,7-8,10-11,14,18H,3,6,9H2,1-2H3. The summed E-state index contributed by atoms with van der Waals surface area (Å²) in [6.07, 6.45) is 2.00. The van der Waals surface area contributed by atoms with Gasteiger partial charge in [-0.15, -0.1) is 0 Å². The summed E-state index contributed by atoms with van der Waals surface area (Å²) >= 11 is 3.36. The summed E-state index contributed by atoms with van der Waals surface area (Å²) in [6.45, 7) is 3.03. The van der Waals surface area contributed by atoms with E-state index in [-0.39, 0.29) is 6.04 Å². The van der Waals surface area contributed by atoms with Crippen LogP contribution in [-0.2, 0) is 6.42 Å². The van der Waals surface area contributed by atoms with Crippen LogP contribution in [0.1, 0.15) is 30.7 Å². The van der Waals surface area contributed by atoms with Crippen molar-refractivity contribution in [1.82, 2.24) is 5.32 Å². The van der Waals surface area contributed by atoms with Crippen molar-refractivity contribution in [2.75, 3.05) is 13.7 Å². The molecule has 0 aliphatic rings. The lowest BCUT2D eigenvalue weighted by Crippen LogP contribution is -2.21. The van der Waals surface area contributed by atoms with E-state index in [2.05, 4.69) is 40.3 Å². The number of hydrogen-bond donors (Lipinski definition) is 1. The molecule has 0 saturated heterocycles. The first-order valence-electron chi connectivity index (χ1n) is 6.84. The number of benzene rings is 1. The van der Waals surface area contributed by atoms with E-state index < -0.39 is 0 Å². The Labute approximate surface area is 128 Å². The van der Waals surface area contributed by atoms with Crippen LogP contribution in [0.4, 0.5) is 0 Å². The van der Waals surface area contributed by atoms with Crippen LogP contribution < -0.4 is 10.1 Å². The monoisotopic (exact) mass is 337 g/mol. The maximum atomic E-state index is 5.66. The number of ether oxygens (including phenoxy) is 1. The molecule has 108 valence electrons. The number of halogens is 1. The molecule has 2 rings (SSSR count). The molecular formula is C16H20BrNO2. The van der Waals surface area contributed by atoms with Gasteiger partial charge in [-0.05, 0) is 65.1 Å². The minimum Gasteiger partial charge on any atom is -0.497 e. The Morgan fingerprint density at radius 1 is 1.20 bits per heavy atom. The van der Waals surface area contributed by atoms with Gasteiger partial charge in [0, 0.05) is 0 Å². The van der Waals surface area contributed by atoms with Crippen molar-refractivity contribution >= 4 is 15.9 Å². The van der Waals surface area contributed by atoms with E-state index >= 15 is 0 Å². The van der Waals surface area contributed by atoms with Gasteiger partial charge < -0.3 is 14.5 Å². The minimum absolute atomic E-state index is 0.244. The van der Waals surface area contributed by atoms with Crippen LogP contribution >= 0.6 is 15.9 Å². The fourth-order valence-corrected chi connectivity index (χ4v) is 2.53. The summed E-state index contributed by atoms with van der Waals surface area (Å²) in [7, 11) is 1.69. The van der Waals surface area contributed by atoms with Gasteiger partial charge in [-0.25, -0.2) is 0 Å². The molecule has 0 saturated carbocycles. The fourth-order valence-electron chi connectivity index (χ4n) is 2.21. The predicted octanol–water partition coefficient (Wildman–Crippen LogP) is 4.33. The third-order valence-electron chi connectivity index (χ3n) is 3.27. The van der Waals surface area contributed by atoms with Gasteiger partial charge in [0.2, 0.25) is 0 Å². The highest BCUT2D eigenvalue weighted by molar-refractivity contribution is 9.10. The second kappa shape index (κ2) is 7.50. The van der Waals surface area contributed by atoms with Crippen LogP contribution in [0.2, 0.25) is 0 Å². The molecule has 1 aromatic carbocycles. The van der Waals surface area contributed by atoms with E-state index in [1.54, 1.807) is 7.11 Å². The Kier molecular flexibility index (Phi) is 5.68. The summed E-state index contributed by atoms with van der Waals surface area (Å²) in [4.78, 5) is 0. The van der Waals surface area contributed by atoms with Crippen molar-refractivity contribution in [3.05, 3.63) is 52.4 Å². The molecule has 0 fully saturated rings. The normalized spacial score (nSPS) is 12.3. The smallest absolute Gasteiger partial charge is 0.169 e. The summed E-state index contributed by atoms with van der Waals surface area (Å²) < 4.78 is 11.6. The van der Waals surface area contributed by atoms with Crippen molar-refractivity contribution in [1.29, 1.82) is 0 Å². The molecule has 0 radical (unpaired) electrons. The molecule has 1 aromatic heterocycles. The molecule has 4 heteroatoms. The highest BCUT2D eigenvalue weighted by Gasteiger charge is 2.14. The molecule has 1 unspecified atom stereocenters. The lowest BCUT2D eigenvalue weighted by Gasteiger charge is -2.15. The lowest BCUT2D eigenvalue weighted by molar-refractivity contribution is 0.391. The van der Waals surface area contributed by atoms with Crippen LogP contribution in [0.3, 0.4) is 0 Å². The topological polar surface area (TPSA) is 34.4 Å². The Balaban J connectivity index is 1.97. The van der Waals surface area contributed by atoms with Crippen LogP contribution in [0.25, 0.3) is 0 Å². The summed E-state index contributed by atoms with van der Waals surface area (Å²) in [5.74, 6) is 1.87. The zero-order valence-electron chi connectivity index (χ0n) is 11.9. The quantitative estimate of drug-likeness (QED) is 0.816. The van der Waals surface area contributed by atoms with Crippen molar-refractivity contribution in [3.63, 3.8) is 0 Å². The number of nitrogens with one attached hydrogen (secondary N) is 1. The Bertz CT molecular complexity index is 522. The second-order valence-electron chi connectivity index (χ2n) is 4.64. The molecule has 2 aromatic rings. The number of rotatable bonds is 7. The Morgan fingerprint density at radius 2 is 1.95 bits per heavy atom. The summed E-state index contributed by atoms with van der Waals surface area (Å²) in [6, 6.07) is 12.4. The minimum atomic E-state index is 0.244. The van der Waals surface area contributed by atoms with Gasteiger partial charge in [-0.1, -0.05) is 19.1 Å². The van der Waals surface area contributed by atoms with Crippen molar-refractivity contribution in [2.45, 2.75) is 25.8 Å². The molecule has 20 heavy (non-hydrogen) atoms. The largest absolute Gasteiger partial charge is 0.497 e. The lowest BCUT2D eigenvalue weighted by atomic mass is 10.0. The fraction of sp³-hybridized carbons (Fsp3) is 0.375. The van der Waals surface area contributed by atoms with Gasteiger partial charge in [-0.2, -0.15) is 0 Å². The molecule has 0 amide bonds. The zero-order chi connectivity index (χ0) is 14.4. The molecule has 3 nitrogen and oxygen atoms in total. The SMILES string of the molecule is CCNC(CCc1ccc(OC)cc1)c1ccc(Br)o1. The van der Waals surface area contributed by atoms with Crippen molar-refractivity contribution < 1.29 is 9.15 Å². The molecular weight excluding hydrogens is 318 g/mol. The van der Waals surface area contributed by atoms with Gasteiger partial charge >= 0.3 is 0 Å². The Morgan fingerprint density at radius 3 is 2.50 bits per heavy atom. The number of aryl methyl sites for hydroxylation is 1. The van der Waals surface area contributed by atoms with Crippen LogP contribution in [-0.4, -0.2) is 13.7 Å². The molecule has 1 atom stereocenters. The van der Waals surface area contributed by atoms with E-state index in [0.29, 0.717) is 0 Å². The van der Waals surface area contributed by atoms with Crippen LogP contribution in [0.5, 0.6) is 5.75 Å². The van der Waals surface area contributed by atoms with Crippen molar-refractivity contribution in [3.8, 4) is 5.75 Å². The highest BCUT2D eigenvalue weighted by atomic mass is 79.9. The van der Waals surface area contributed by atoms with Gasteiger partial charge in [-0.3, -0.25) is 0 Å². The maximum Gasteiger partial charge on any atom is 0.169 e. The molecule has 0 spiro atoms. The van der Waals surface area contributed by atoms with E-state index in [0.717, 1.165) is 35.6 Å². The van der Waals surface area contributed by atoms with E-state index in [1.165, 1.54) is 5.56 Å². The highest BCUT2D eigenvalue weighted by Crippen LogP contribution is 2.24. The van der Waals surface area contributed by atoms with Gasteiger partial charge in [0.15, 0.2) is 4.67 Å². The number of hydrogen-bond acceptors (Lipinski definition) is 3. The second-order valence-corrected chi connectivity index (χ2v) is 5.42. The molecule has 1 N–H and O–H groups in total. The zero-order valence-corrected chi connectivity index (χ0v) is 13.4. The van der Waals surface area contributed by atoms with Crippen LogP contribution in [0.15, 0.2) is 45.5 Å². The predicted molar refractivity (Wildman–Crippen MR) is 84.1 cm³/mol. The van der Waals surface area contributed by atoms with E-state index in [4.69, 9.17) is 9.15 Å². The molecule has 0 aliphatic heterocycles. The van der Waals surface area contributed by atoms with Crippen molar-refractivity contribution in [2.24, 2.45) is 0 Å². The van der Waals surface area contributed by atoms with Gasteiger partial charge in [0.05, 0.1) is 13.2 Å². The van der Waals surface area contributed by atoms with Gasteiger partial charge in [0.25, 0.3) is 0 Å². The molecule has 1 heterocycles. The van der Waals surface area contributed by atoms with Gasteiger partial charge in [0.1, 0.15) is 11.5 Å². The third kappa shape index (κ3) is 4.12. The molecule has 0 bridgehead atoms. The third-order valence-corrected chi connectivity index (χ3v) is 3.69. The average Bonchev–Trinajstić information content (AvgIpc) is 2.90. The summed E-state index contributed by atoms with van der Waals surface area (Å²) in [5, 5.41) is 3.47. The first-order chi connectivity index (χ1) is 9.72. The van der Waals surface area contributed by atoms with E-state index in [9.17, 15) is 0 Å². The maximum absolute atomic E-state index is 5.66. The molecule has 0 aliphatic carbocycles. The summed E-state index contributed by atoms with van der Waals surface area (Å²) in [5.41, 5.74) is 1.30.